The maximum absolute atomic E-state index is 10.1. The molecule has 1 unspecified atom stereocenters. The Balaban J connectivity index is 2.27. The number of hydrogen-bond acceptors (Lipinski definition) is 2. The predicted molar refractivity (Wildman–Crippen MR) is 81.4 cm³/mol. The van der Waals surface area contributed by atoms with Gasteiger partial charge in [-0.25, -0.2) is 0 Å². The van der Waals surface area contributed by atoms with E-state index in [-0.39, 0.29) is 11.5 Å². The molecular formula is C17H23NO. The molecule has 2 heteroatoms. The summed E-state index contributed by atoms with van der Waals surface area (Å²) < 4.78 is 0. The number of hydrogen-bond donors (Lipinski definition) is 2. The van der Waals surface area contributed by atoms with Crippen molar-refractivity contribution in [3.63, 3.8) is 0 Å². The molecule has 0 heterocycles. The molecule has 1 atom stereocenters. The molecule has 102 valence electrons. The van der Waals surface area contributed by atoms with E-state index in [1.807, 2.05) is 18.2 Å². The van der Waals surface area contributed by atoms with Gasteiger partial charge in [-0.05, 0) is 35.1 Å². The Morgan fingerprint density at radius 1 is 1.11 bits per heavy atom. The van der Waals surface area contributed by atoms with Crippen LogP contribution in [0.2, 0.25) is 0 Å². The lowest BCUT2D eigenvalue weighted by Crippen LogP contribution is -2.35. The van der Waals surface area contributed by atoms with Crippen LogP contribution in [0.15, 0.2) is 36.4 Å². The molecule has 0 radical (unpaired) electrons. The molecule has 0 bridgehead atoms. The van der Waals surface area contributed by atoms with Crippen molar-refractivity contribution < 1.29 is 5.11 Å². The van der Waals surface area contributed by atoms with E-state index in [0.29, 0.717) is 5.75 Å². The molecule has 3 N–H and O–H groups in total. The first-order valence-electron chi connectivity index (χ1n) is 6.85. The molecule has 0 fully saturated rings. The minimum absolute atomic E-state index is 0.0974. The zero-order valence-electron chi connectivity index (χ0n) is 12.0. The van der Waals surface area contributed by atoms with Crippen LogP contribution >= 0.6 is 0 Å². The summed E-state index contributed by atoms with van der Waals surface area (Å²) in [6, 6.07) is 12.0. The third kappa shape index (κ3) is 3.07. The lowest BCUT2D eigenvalue weighted by atomic mass is 9.83. The van der Waals surface area contributed by atoms with E-state index in [1.54, 1.807) is 6.07 Å². The van der Waals surface area contributed by atoms with Crippen LogP contribution in [-0.2, 0) is 6.42 Å². The second kappa shape index (κ2) is 5.22. The van der Waals surface area contributed by atoms with Crippen LogP contribution in [0.1, 0.15) is 32.8 Å². The molecule has 19 heavy (non-hydrogen) atoms. The van der Waals surface area contributed by atoms with Crippen molar-refractivity contribution in [1.82, 2.24) is 0 Å². The molecule has 0 saturated carbocycles. The highest BCUT2D eigenvalue weighted by Crippen LogP contribution is 2.30. The average Bonchev–Trinajstić information content (AvgIpc) is 2.36. The van der Waals surface area contributed by atoms with Crippen LogP contribution < -0.4 is 5.73 Å². The number of aromatic hydroxyl groups is 1. The number of benzene rings is 2. The fraction of sp³-hybridized carbons (Fsp3) is 0.412. The van der Waals surface area contributed by atoms with Gasteiger partial charge in [0.1, 0.15) is 5.75 Å². The van der Waals surface area contributed by atoms with Gasteiger partial charge in [-0.3, -0.25) is 0 Å². The molecule has 0 aliphatic carbocycles. The Labute approximate surface area is 115 Å². The molecule has 0 saturated heterocycles. The molecular weight excluding hydrogens is 234 g/mol. The normalized spacial score (nSPS) is 13.7. The maximum Gasteiger partial charge on any atom is 0.119 e. The lowest BCUT2D eigenvalue weighted by molar-refractivity contribution is 0.305. The van der Waals surface area contributed by atoms with E-state index >= 15 is 0 Å². The van der Waals surface area contributed by atoms with E-state index in [9.17, 15) is 5.11 Å². The summed E-state index contributed by atoms with van der Waals surface area (Å²) in [6.45, 7) is 6.46. The SMILES string of the molecule is CC(C)(C)C(N)CCc1c(O)ccc2ccccc12. The molecule has 0 aliphatic heterocycles. The third-order valence-electron chi connectivity index (χ3n) is 3.83. The number of nitrogens with two attached hydrogens (primary N) is 1. The summed E-state index contributed by atoms with van der Waals surface area (Å²) in [5.41, 5.74) is 7.32. The molecule has 2 rings (SSSR count). The van der Waals surface area contributed by atoms with E-state index in [0.717, 1.165) is 23.8 Å². The van der Waals surface area contributed by atoms with Gasteiger partial charge in [-0.2, -0.15) is 0 Å². The van der Waals surface area contributed by atoms with Crippen molar-refractivity contribution in [1.29, 1.82) is 0 Å². The minimum atomic E-state index is 0.0974. The van der Waals surface area contributed by atoms with Crippen LogP contribution in [0.3, 0.4) is 0 Å². The zero-order chi connectivity index (χ0) is 14.0. The van der Waals surface area contributed by atoms with Gasteiger partial charge >= 0.3 is 0 Å². The number of rotatable bonds is 3. The summed E-state index contributed by atoms with van der Waals surface area (Å²) in [7, 11) is 0. The van der Waals surface area contributed by atoms with Crippen molar-refractivity contribution in [3.05, 3.63) is 42.0 Å². The summed E-state index contributed by atoms with van der Waals surface area (Å²) in [5, 5.41) is 12.4. The van der Waals surface area contributed by atoms with Crippen LogP contribution in [0.5, 0.6) is 5.75 Å². The van der Waals surface area contributed by atoms with Crippen molar-refractivity contribution in [3.8, 4) is 5.75 Å². The molecule has 0 aromatic heterocycles. The van der Waals surface area contributed by atoms with Gasteiger partial charge in [0.25, 0.3) is 0 Å². The Morgan fingerprint density at radius 3 is 2.47 bits per heavy atom. The minimum Gasteiger partial charge on any atom is -0.508 e. The van der Waals surface area contributed by atoms with Crippen LogP contribution in [0.4, 0.5) is 0 Å². The molecule has 2 nitrogen and oxygen atoms in total. The summed E-state index contributed by atoms with van der Waals surface area (Å²) in [4.78, 5) is 0. The Morgan fingerprint density at radius 2 is 1.79 bits per heavy atom. The number of phenolic OH excluding ortho intramolecular Hbond substituents is 1. The Hall–Kier alpha value is -1.54. The highest BCUT2D eigenvalue weighted by Gasteiger charge is 2.21. The van der Waals surface area contributed by atoms with Crippen LogP contribution in [0, 0.1) is 5.41 Å². The number of phenols is 1. The first kappa shape index (κ1) is 13.9. The zero-order valence-corrected chi connectivity index (χ0v) is 12.0. The average molecular weight is 257 g/mol. The van der Waals surface area contributed by atoms with Gasteiger partial charge in [-0.15, -0.1) is 0 Å². The maximum atomic E-state index is 10.1. The van der Waals surface area contributed by atoms with Gasteiger partial charge in [-0.1, -0.05) is 51.1 Å². The van der Waals surface area contributed by atoms with Gasteiger partial charge in [0.15, 0.2) is 0 Å². The Kier molecular flexibility index (Phi) is 3.81. The molecule has 0 aliphatic rings. The fourth-order valence-electron chi connectivity index (χ4n) is 2.32. The standard InChI is InChI=1S/C17H23NO/c1-17(2,3)16(18)11-9-14-13-7-5-4-6-12(13)8-10-15(14)19/h4-8,10,16,19H,9,11,18H2,1-3H3. The highest BCUT2D eigenvalue weighted by atomic mass is 16.3. The monoisotopic (exact) mass is 257 g/mol. The second-order valence-electron chi connectivity index (χ2n) is 6.30. The quantitative estimate of drug-likeness (QED) is 0.877. The van der Waals surface area contributed by atoms with Crippen LogP contribution in [-0.4, -0.2) is 11.1 Å². The van der Waals surface area contributed by atoms with E-state index in [2.05, 4.69) is 32.9 Å². The van der Waals surface area contributed by atoms with E-state index < -0.39 is 0 Å². The molecule has 0 amide bonds. The second-order valence-corrected chi connectivity index (χ2v) is 6.30. The van der Waals surface area contributed by atoms with Crippen LogP contribution in [0.25, 0.3) is 10.8 Å². The molecule has 2 aromatic carbocycles. The number of aryl methyl sites for hydroxylation is 1. The van der Waals surface area contributed by atoms with Crippen molar-refractivity contribution in [2.45, 2.75) is 39.7 Å². The number of fused-ring (bicyclic) bond motifs is 1. The van der Waals surface area contributed by atoms with Gasteiger partial charge in [0, 0.05) is 11.6 Å². The summed E-state index contributed by atoms with van der Waals surface area (Å²) in [6.07, 6.45) is 1.69. The smallest absolute Gasteiger partial charge is 0.119 e. The van der Waals surface area contributed by atoms with Gasteiger partial charge in [0.2, 0.25) is 0 Å². The van der Waals surface area contributed by atoms with Crippen molar-refractivity contribution >= 4 is 10.8 Å². The fourth-order valence-corrected chi connectivity index (χ4v) is 2.32. The molecule has 0 spiro atoms. The third-order valence-corrected chi connectivity index (χ3v) is 3.83. The van der Waals surface area contributed by atoms with Crippen molar-refractivity contribution in [2.24, 2.45) is 11.1 Å². The molecule has 2 aromatic rings. The summed E-state index contributed by atoms with van der Waals surface area (Å²) in [5.74, 6) is 0.375. The lowest BCUT2D eigenvalue weighted by Gasteiger charge is -2.27. The van der Waals surface area contributed by atoms with Gasteiger partial charge in [0.05, 0.1) is 0 Å². The topological polar surface area (TPSA) is 46.2 Å². The predicted octanol–water partition coefficient (Wildman–Crippen LogP) is 3.85. The van der Waals surface area contributed by atoms with Crippen molar-refractivity contribution in [2.75, 3.05) is 0 Å². The van der Waals surface area contributed by atoms with E-state index in [1.165, 1.54) is 5.39 Å². The first-order valence-corrected chi connectivity index (χ1v) is 6.85. The largest absolute Gasteiger partial charge is 0.508 e. The van der Waals surface area contributed by atoms with Gasteiger partial charge < -0.3 is 10.8 Å². The Bertz CT molecular complexity index is 569. The highest BCUT2D eigenvalue weighted by molar-refractivity contribution is 5.87. The first-order chi connectivity index (χ1) is 8.89. The van der Waals surface area contributed by atoms with E-state index in [4.69, 9.17) is 5.73 Å². The summed E-state index contributed by atoms with van der Waals surface area (Å²) >= 11 is 0.